The van der Waals surface area contributed by atoms with Gasteiger partial charge in [-0.3, -0.25) is 0 Å². The monoisotopic (exact) mass is 490 g/mol. The van der Waals surface area contributed by atoms with E-state index in [0.29, 0.717) is 3.43 Å². The molecule has 0 fully saturated rings. The maximum absolute atomic E-state index is 5.11. The molecular weight excluding hydrogens is 447 g/mol. The summed E-state index contributed by atoms with van der Waals surface area (Å²) in [7, 11) is 2.14. The van der Waals surface area contributed by atoms with Crippen molar-refractivity contribution in [1.29, 1.82) is 0 Å². The van der Waals surface area contributed by atoms with Crippen molar-refractivity contribution in [3.05, 3.63) is 23.8 Å². The van der Waals surface area contributed by atoms with Crippen LogP contribution in [0.4, 0.5) is 0 Å². The second-order valence-electron chi connectivity index (χ2n) is 9.67. The fraction of sp³-hybridized carbons (Fsp3) is 0.720. The van der Waals surface area contributed by atoms with Crippen molar-refractivity contribution in [2.75, 3.05) is 0 Å². The van der Waals surface area contributed by atoms with Crippen LogP contribution in [-0.2, 0) is 12.5 Å². The van der Waals surface area contributed by atoms with Gasteiger partial charge >= 0.3 is 185 Å². The van der Waals surface area contributed by atoms with Crippen LogP contribution in [0.2, 0.25) is 3.43 Å². The molecule has 2 rings (SSSR count). The van der Waals surface area contributed by atoms with E-state index in [1.807, 2.05) is 0 Å². The molecule has 28 heavy (non-hydrogen) atoms. The number of hydrogen-bond acceptors (Lipinski definition) is 1. The molecule has 0 N–H and O–H groups in total. The second kappa shape index (κ2) is 10.5. The van der Waals surface area contributed by atoms with E-state index in [9.17, 15) is 0 Å². The van der Waals surface area contributed by atoms with E-state index in [1.165, 1.54) is 78.0 Å². The molecule has 0 aliphatic carbocycles. The molecule has 0 atom stereocenters. The summed E-state index contributed by atoms with van der Waals surface area (Å²) < 4.78 is 4.24. The molecule has 2 aromatic rings. The van der Waals surface area contributed by atoms with Gasteiger partial charge in [0.2, 0.25) is 0 Å². The molecule has 0 amide bonds. The Morgan fingerprint density at radius 3 is 1.89 bits per heavy atom. The molecule has 0 spiro atoms. The number of aromatic nitrogens is 2. The fourth-order valence-electron chi connectivity index (χ4n) is 4.18. The van der Waals surface area contributed by atoms with Crippen LogP contribution in [0, 0.1) is 0 Å². The third-order valence-corrected chi connectivity index (χ3v) is 11.5. The summed E-state index contributed by atoms with van der Waals surface area (Å²) in [6.45, 7) is 13.9. The first-order valence-corrected chi connectivity index (χ1v) is 14.4. The molecular formula is C25H42N2Sn. The molecule has 2 nitrogen and oxygen atoms in total. The standard InChI is InChI=1S/C13H27.C12H15N2.Sn/c1-4-7-10-13(11-8-5-2)12-9-6-3;1-12(2,3)10-6-5-9-8-13-14(4)11(9)7-10;/h4-12H2,1-3H3;5-7H,1-4H3;. The van der Waals surface area contributed by atoms with Gasteiger partial charge in [0, 0.05) is 0 Å². The van der Waals surface area contributed by atoms with Crippen molar-refractivity contribution in [3.63, 3.8) is 0 Å². The topological polar surface area (TPSA) is 17.8 Å². The average molecular weight is 489 g/mol. The molecule has 0 aliphatic heterocycles. The third kappa shape index (κ3) is 6.00. The van der Waals surface area contributed by atoms with Crippen LogP contribution >= 0.6 is 0 Å². The quantitative estimate of drug-likeness (QED) is 0.313. The molecule has 156 valence electrons. The van der Waals surface area contributed by atoms with Gasteiger partial charge in [0.15, 0.2) is 0 Å². The first-order valence-electron chi connectivity index (χ1n) is 11.5. The molecule has 0 bridgehead atoms. The van der Waals surface area contributed by atoms with Crippen LogP contribution in [0.15, 0.2) is 18.2 Å². The van der Waals surface area contributed by atoms with Gasteiger partial charge in [0.05, 0.1) is 0 Å². The summed E-state index contributed by atoms with van der Waals surface area (Å²) in [5.74, 6) is 0. The Bertz CT molecular complexity index is 717. The maximum atomic E-state index is 5.11. The predicted octanol–water partition coefficient (Wildman–Crippen LogP) is 6.93. The molecule has 1 aromatic heterocycles. The Morgan fingerprint density at radius 2 is 1.43 bits per heavy atom. The van der Waals surface area contributed by atoms with E-state index in [1.54, 1.807) is 0 Å². The Labute approximate surface area is 184 Å². The summed E-state index contributed by atoms with van der Waals surface area (Å²) >= 11 is -0.799. The second-order valence-corrected chi connectivity index (χ2v) is 14.8. The van der Waals surface area contributed by atoms with Gasteiger partial charge < -0.3 is 0 Å². The van der Waals surface area contributed by atoms with E-state index in [2.05, 4.69) is 71.5 Å². The Morgan fingerprint density at radius 1 is 0.893 bits per heavy atom. The summed E-state index contributed by atoms with van der Waals surface area (Å²) in [6, 6.07) is 7.11. The van der Waals surface area contributed by atoms with E-state index in [-0.39, 0.29) is 5.41 Å². The van der Waals surface area contributed by atoms with Crippen molar-refractivity contribution < 1.29 is 0 Å². The van der Waals surface area contributed by atoms with E-state index >= 15 is 0 Å². The molecule has 0 aliphatic rings. The Balaban J connectivity index is 2.42. The summed E-state index contributed by atoms with van der Waals surface area (Å²) in [6.07, 6.45) is 12.4. The summed E-state index contributed by atoms with van der Waals surface area (Å²) in [5.41, 5.74) is 2.93. The normalized spacial score (nSPS) is 12.8. The van der Waals surface area contributed by atoms with Crippen LogP contribution in [0.25, 0.3) is 10.9 Å². The number of rotatable bonds is 11. The molecule has 0 unspecified atom stereocenters. The fourth-order valence-corrected chi connectivity index (χ4v) is 9.75. The Hall–Kier alpha value is -0.511. The van der Waals surface area contributed by atoms with Gasteiger partial charge in [0.25, 0.3) is 0 Å². The Kier molecular flexibility index (Phi) is 8.91. The number of fused-ring (bicyclic) bond motifs is 1. The van der Waals surface area contributed by atoms with E-state index < -0.39 is 21.1 Å². The third-order valence-electron chi connectivity index (χ3n) is 6.13. The van der Waals surface area contributed by atoms with Crippen molar-refractivity contribution in [2.45, 2.75) is 108 Å². The molecule has 1 aromatic carbocycles. The van der Waals surface area contributed by atoms with Gasteiger partial charge in [-0.05, 0) is 0 Å². The van der Waals surface area contributed by atoms with Crippen molar-refractivity contribution in [1.82, 2.24) is 9.78 Å². The molecule has 2 radical (unpaired) electrons. The van der Waals surface area contributed by atoms with Crippen molar-refractivity contribution >= 4 is 35.8 Å². The minimum atomic E-state index is -0.799. The van der Waals surface area contributed by atoms with Gasteiger partial charge in [-0.1, -0.05) is 0 Å². The first-order chi connectivity index (χ1) is 13.3. The predicted molar refractivity (Wildman–Crippen MR) is 126 cm³/mol. The van der Waals surface area contributed by atoms with Gasteiger partial charge in [-0.15, -0.1) is 0 Å². The zero-order valence-corrected chi connectivity index (χ0v) is 22.3. The number of unbranched alkanes of at least 4 members (excludes halogenated alkanes) is 3. The van der Waals surface area contributed by atoms with Crippen LogP contribution in [-0.4, -0.2) is 30.9 Å². The average Bonchev–Trinajstić information content (AvgIpc) is 2.97. The van der Waals surface area contributed by atoms with Gasteiger partial charge in [-0.2, -0.15) is 0 Å². The van der Waals surface area contributed by atoms with E-state index in [4.69, 9.17) is 5.10 Å². The molecule has 1 heterocycles. The SMILES string of the molecule is CCCC[C](CCCC)(CCCC)[Sn][c]1nn(C)c2cc(C(C)(C)C)ccc12. The number of benzene rings is 1. The van der Waals surface area contributed by atoms with Crippen molar-refractivity contribution in [2.24, 2.45) is 7.05 Å². The molecule has 0 saturated heterocycles. The summed E-state index contributed by atoms with van der Waals surface area (Å²) in [5, 5.41) is 6.55. The minimum absolute atomic E-state index is 0.186. The number of aryl methyl sites for hydroxylation is 1. The zero-order chi connectivity index (χ0) is 20.8. The molecule has 0 saturated carbocycles. The number of hydrogen-bond donors (Lipinski definition) is 0. The van der Waals surface area contributed by atoms with Gasteiger partial charge in [0.1, 0.15) is 0 Å². The van der Waals surface area contributed by atoms with Crippen LogP contribution in [0.1, 0.15) is 105 Å². The first kappa shape index (κ1) is 23.8. The van der Waals surface area contributed by atoms with E-state index in [0.717, 1.165) is 0 Å². The molecule has 3 heteroatoms. The van der Waals surface area contributed by atoms with Gasteiger partial charge in [-0.25, -0.2) is 0 Å². The summed E-state index contributed by atoms with van der Waals surface area (Å²) in [4.78, 5) is 0. The number of nitrogens with zero attached hydrogens (tertiary/aromatic N) is 2. The van der Waals surface area contributed by atoms with Crippen LogP contribution < -0.4 is 3.71 Å². The van der Waals surface area contributed by atoms with Crippen LogP contribution in [0.5, 0.6) is 0 Å². The van der Waals surface area contributed by atoms with Crippen molar-refractivity contribution in [3.8, 4) is 0 Å². The van der Waals surface area contributed by atoms with Crippen LogP contribution in [0.3, 0.4) is 0 Å². The zero-order valence-electron chi connectivity index (χ0n) is 19.5.